The lowest BCUT2D eigenvalue weighted by atomic mass is 10.0. The van der Waals surface area contributed by atoms with Crippen LogP contribution in [0.2, 0.25) is 4.34 Å². The Labute approximate surface area is 88.1 Å². The first-order valence-corrected chi connectivity index (χ1v) is 5.99. The smallest absolute Gasteiger partial charge is 0.0931 e. The summed E-state index contributed by atoms with van der Waals surface area (Å²) in [7, 11) is 0. The third-order valence-electron chi connectivity index (χ3n) is 2.59. The average molecular weight is 216 g/mol. The van der Waals surface area contributed by atoms with E-state index in [0.717, 1.165) is 10.3 Å². The van der Waals surface area contributed by atoms with E-state index >= 15 is 0 Å². The second-order valence-electron chi connectivity index (χ2n) is 3.60. The molecule has 0 saturated carbocycles. The van der Waals surface area contributed by atoms with Crippen LogP contribution in [-0.4, -0.2) is 13.1 Å². The third kappa shape index (κ3) is 2.70. The Balaban J connectivity index is 1.78. The highest BCUT2D eigenvalue weighted by Crippen LogP contribution is 2.24. The standard InChI is InChI=1S/C10H14ClNS/c11-10-4-3-9(13-10)2-1-8-5-6-12-7-8/h3-4,8,12H,1-2,5-7H2. The molecule has 1 aromatic heterocycles. The molecule has 72 valence electrons. The van der Waals surface area contributed by atoms with Crippen LogP contribution in [-0.2, 0) is 6.42 Å². The van der Waals surface area contributed by atoms with Crippen LogP contribution in [0, 0.1) is 5.92 Å². The molecule has 1 unspecified atom stereocenters. The molecule has 1 nitrogen and oxygen atoms in total. The first-order chi connectivity index (χ1) is 6.34. The van der Waals surface area contributed by atoms with E-state index in [2.05, 4.69) is 11.4 Å². The fourth-order valence-electron chi connectivity index (χ4n) is 1.79. The Bertz CT molecular complexity index is 266. The molecule has 0 bridgehead atoms. The summed E-state index contributed by atoms with van der Waals surface area (Å²) in [6, 6.07) is 4.14. The molecular formula is C10H14ClNS. The number of thiophene rings is 1. The van der Waals surface area contributed by atoms with Gasteiger partial charge in [-0.05, 0) is 50.4 Å². The summed E-state index contributed by atoms with van der Waals surface area (Å²) in [4.78, 5) is 1.43. The first kappa shape index (κ1) is 9.50. The van der Waals surface area contributed by atoms with Gasteiger partial charge in [0.05, 0.1) is 4.34 Å². The maximum Gasteiger partial charge on any atom is 0.0931 e. The minimum atomic E-state index is 0.890. The van der Waals surface area contributed by atoms with Crippen LogP contribution < -0.4 is 5.32 Å². The van der Waals surface area contributed by atoms with Crippen LogP contribution in [0.25, 0.3) is 0 Å². The van der Waals surface area contributed by atoms with Gasteiger partial charge in [0.2, 0.25) is 0 Å². The monoisotopic (exact) mass is 215 g/mol. The van der Waals surface area contributed by atoms with E-state index in [1.165, 1.54) is 37.2 Å². The molecule has 3 heteroatoms. The number of nitrogens with one attached hydrogen (secondary N) is 1. The normalized spacial score (nSPS) is 22.4. The van der Waals surface area contributed by atoms with Crippen molar-refractivity contribution in [3.63, 3.8) is 0 Å². The highest BCUT2D eigenvalue weighted by molar-refractivity contribution is 7.16. The Hall–Kier alpha value is -0.0500. The van der Waals surface area contributed by atoms with Crippen molar-refractivity contribution < 1.29 is 0 Å². The number of hydrogen-bond acceptors (Lipinski definition) is 2. The molecule has 2 heterocycles. The van der Waals surface area contributed by atoms with Crippen molar-refractivity contribution in [1.29, 1.82) is 0 Å². The topological polar surface area (TPSA) is 12.0 Å². The van der Waals surface area contributed by atoms with Crippen molar-refractivity contribution in [1.82, 2.24) is 5.32 Å². The van der Waals surface area contributed by atoms with E-state index in [0.29, 0.717) is 0 Å². The van der Waals surface area contributed by atoms with E-state index in [4.69, 9.17) is 11.6 Å². The largest absolute Gasteiger partial charge is 0.316 e. The fourth-order valence-corrected chi connectivity index (χ4v) is 2.90. The van der Waals surface area contributed by atoms with E-state index in [-0.39, 0.29) is 0 Å². The van der Waals surface area contributed by atoms with Gasteiger partial charge < -0.3 is 5.32 Å². The van der Waals surface area contributed by atoms with Gasteiger partial charge in [-0.2, -0.15) is 0 Å². The number of hydrogen-bond donors (Lipinski definition) is 1. The van der Waals surface area contributed by atoms with Crippen LogP contribution in [0.1, 0.15) is 17.7 Å². The molecule has 0 radical (unpaired) electrons. The van der Waals surface area contributed by atoms with Crippen molar-refractivity contribution in [3.8, 4) is 0 Å². The van der Waals surface area contributed by atoms with Crippen LogP contribution in [0.4, 0.5) is 0 Å². The highest BCUT2D eigenvalue weighted by Gasteiger charge is 2.14. The van der Waals surface area contributed by atoms with Crippen LogP contribution in [0.15, 0.2) is 12.1 Å². The lowest BCUT2D eigenvalue weighted by Gasteiger charge is -2.05. The van der Waals surface area contributed by atoms with Gasteiger partial charge in [0.15, 0.2) is 0 Å². The number of rotatable bonds is 3. The molecule has 1 atom stereocenters. The molecule has 2 rings (SSSR count). The Kier molecular flexibility index (Phi) is 3.25. The average Bonchev–Trinajstić information content (AvgIpc) is 2.71. The van der Waals surface area contributed by atoms with Gasteiger partial charge in [-0.15, -0.1) is 11.3 Å². The summed E-state index contributed by atoms with van der Waals surface area (Å²) in [6.07, 6.45) is 3.85. The Morgan fingerprint density at radius 3 is 3.08 bits per heavy atom. The molecule has 0 aliphatic carbocycles. The van der Waals surface area contributed by atoms with Gasteiger partial charge in [-0.25, -0.2) is 0 Å². The van der Waals surface area contributed by atoms with E-state index < -0.39 is 0 Å². The summed E-state index contributed by atoms with van der Waals surface area (Å²) in [5.41, 5.74) is 0. The van der Waals surface area contributed by atoms with E-state index in [1.54, 1.807) is 11.3 Å². The quantitative estimate of drug-likeness (QED) is 0.818. The SMILES string of the molecule is Clc1ccc(CCC2CCNC2)s1. The Morgan fingerprint density at radius 2 is 2.46 bits per heavy atom. The second-order valence-corrected chi connectivity index (χ2v) is 5.40. The molecular weight excluding hydrogens is 202 g/mol. The zero-order valence-electron chi connectivity index (χ0n) is 7.55. The number of halogens is 1. The summed E-state index contributed by atoms with van der Waals surface area (Å²) in [6.45, 7) is 2.41. The van der Waals surface area contributed by atoms with Crippen molar-refractivity contribution in [2.45, 2.75) is 19.3 Å². The van der Waals surface area contributed by atoms with Gasteiger partial charge in [0, 0.05) is 4.88 Å². The molecule has 1 aromatic rings. The lowest BCUT2D eigenvalue weighted by Crippen LogP contribution is -2.09. The van der Waals surface area contributed by atoms with Gasteiger partial charge in [0.1, 0.15) is 0 Å². The van der Waals surface area contributed by atoms with Gasteiger partial charge in [0.25, 0.3) is 0 Å². The van der Waals surface area contributed by atoms with Crippen LogP contribution in [0.3, 0.4) is 0 Å². The fraction of sp³-hybridized carbons (Fsp3) is 0.600. The van der Waals surface area contributed by atoms with Crippen LogP contribution in [0.5, 0.6) is 0 Å². The first-order valence-electron chi connectivity index (χ1n) is 4.79. The molecule has 13 heavy (non-hydrogen) atoms. The molecule has 1 aliphatic rings. The minimum Gasteiger partial charge on any atom is -0.316 e. The third-order valence-corrected chi connectivity index (χ3v) is 3.88. The summed E-state index contributed by atoms with van der Waals surface area (Å²) >= 11 is 7.58. The maximum absolute atomic E-state index is 5.86. The molecule has 0 aromatic carbocycles. The van der Waals surface area contributed by atoms with Crippen LogP contribution >= 0.6 is 22.9 Å². The van der Waals surface area contributed by atoms with Crippen molar-refractivity contribution in [2.24, 2.45) is 5.92 Å². The van der Waals surface area contributed by atoms with Crippen molar-refractivity contribution >= 4 is 22.9 Å². The highest BCUT2D eigenvalue weighted by atomic mass is 35.5. The molecule has 1 N–H and O–H groups in total. The molecule has 0 amide bonds. The summed E-state index contributed by atoms with van der Waals surface area (Å²) < 4.78 is 0.916. The van der Waals surface area contributed by atoms with E-state index in [1.807, 2.05) is 6.07 Å². The van der Waals surface area contributed by atoms with Gasteiger partial charge in [-0.3, -0.25) is 0 Å². The molecule has 1 fully saturated rings. The second kappa shape index (κ2) is 4.45. The molecule has 1 aliphatic heterocycles. The lowest BCUT2D eigenvalue weighted by molar-refractivity contribution is 0.535. The van der Waals surface area contributed by atoms with Crippen molar-refractivity contribution in [3.05, 3.63) is 21.3 Å². The summed E-state index contributed by atoms with van der Waals surface area (Å²) in [5, 5.41) is 3.39. The Morgan fingerprint density at radius 1 is 1.54 bits per heavy atom. The minimum absolute atomic E-state index is 0.890. The zero-order chi connectivity index (χ0) is 9.10. The predicted molar refractivity (Wildman–Crippen MR) is 58.6 cm³/mol. The van der Waals surface area contributed by atoms with Crippen molar-refractivity contribution in [2.75, 3.05) is 13.1 Å². The van der Waals surface area contributed by atoms with Gasteiger partial charge in [-0.1, -0.05) is 11.6 Å². The predicted octanol–water partition coefficient (Wildman–Crippen LogP) is 2.94. The number of aryl methyl sites for hydroxylation is 1. The zero-order valence-corrected chi connectivity index (χ0v) is 9.13. The molecule has 0 spiro atoms. The van der Waals surface area contributed by atoms with Gasteiger partial charge >= 0.3 is 0 Å². The summed E-state index contributed by atoms with van der Waals surface area (Å²) in [5.74, 6) is 0.890. The maximum atomic E-state index is 5.86. The molecule has 1 saturated heterocycles. The van der Waals surface area contributed by atoms with E-state index in [9.17, 15) is 0 Å².